The van der Waals surface area contributed by atoms with Crippen molar-refractivity contribution >= 4 is 0 Å². The second-order valence-corrected chi connectivity index (χ2v) is 3.48. The Morgan fingerprint density at radius 2 is 2.00 bits per heavy atom. The monoisotopic (exact) mass is 170 g/mol. The lowest BCUT2D eigenvalue weighted by Crippen LogP contribution is -2.15. The van der Waals surface area contributed by atoms with Crippen LogP contribution in [0.2, 0.25) is 0 Å². The number of hydrogen-bond donors (Lipinski definition) is 0. The van der Waals surface area contributed by atoms with E-state index in [1.54, 1.807) is 0 Å². The lowest BCUT2D eigenvalue weighted by molar-refractivity contribution is -0.129. The minimum atomic E-state index is -0.0580. The molecule has 0 aromatic carbocycles. The SMILES string of the molecule is CCO[C@@H](C)OCCC1(C)C=C1. The van der Waals surface area contributed by atoms with Gasteiger partial charge in [0.05, 0.1) is 6.61 Å². The van der Waals surface area contributed by atoms with Crippen LogP contribution in [0.25, 0.3) is 0 Å². The van der Waals surface area contributed by atoms with Crippen LogP contribution in [-0.4, -0.2) is 19.5 Å². The maximum absolute atomic E-state index is 5.44. The fourth-order valence-electron chi connectivity index (χ4n) is 1.04. The van der Waals surface area contributed by atoms with Crippen molar-refractivity contribution in [3.63, 3.8) is 0 Å². The second kappa shape index (κ2) is 4.06. The summed E-state index contributed by atoms with van der Waals surface area (Å²) in [5.41, 5.74) is 0.353. The molecule has 1 atom stereocenters. The molecule has 1 rings (SSSR count). The van der Waals surface area contributed by atoms with Gasteiger partial charge in [-0.2, -0.15) is 0 Å². The van der Waals surface area contributed by atoms with E-state index < -0.39 is 0 Å². The zero-order valence-electron chi connectivity index (χ0n) is 8.17. The van der Waals surface area contributed by atoms with Crippen molar-refractivity contribution in [1.82, 2.24) is 0 Å². The first-order valence-corrected chi connectivity index (χ1v) is 4.60. The third-order valence-corrected chi connectivity index (χ3v) is 2.13. The predicted molar refractivity (Wildman–Crippen MR) is 48.9 cm³/mol. The molecular weight excluding hydrogens is 152 g/mol. The third-order valence-electron chi connectivity index (χ3n) is 2.13. The topological polar surface area (TPSA) is 18.5 Å². The molecule has 70 valence electrons. The van der Waals surface area contributed by atoms with Crippen molar-refractivity contribution in [2.75, 3.05) is 13.2 Å². The van der Waals surface area contributed by atoms with Gasteiger partial charge in [0.25, 0.3) is 0 Å². The van der Waals surface area contributed by atoms with E-state index in [9.17, 15) is 0 Å². The molecule has 1 aliphatic carbocycles. The molecular formula is C10H18O2. The quantitative estimate of drug-likeness (QED) is 0.450. The zero-order chi connectivity index (χ0) is 9.03. The molecule has 2 heteroatoms. The molecule has 0 saturated carbocycles. The first-order valence-electron chi connectivity index (χ1n) is 4.60. The Balaban J connectivity index is 1.94. The Bertz CT molecular complexity index is 157. The largest absolute Gasteiger partial charge is 0.353 e. The standard InChI is InChI=1S/C10H18O2/c1-4-11-9(2)12-8-7-10(3)5-6-10/h5-6,9H,4,7-8H2,1-3H3/t9-/m1/s1. The van der Waals surface area contributed by atoms with E-state index in [0.29, 0.717) is 5.41 Å². The van der Waals surface area contributed by atoms with Crippen LogP contribution in [0.3, 0.4) is 0 Å². The van der Waals surface area contributed by atoms with Crippen molar-refractivity contribution in [1.29, 1.82) is 0 Å². The molecule has 0 N–H and O–H groups in total. The number of ether oxygens (including phenoxy) is 2. The summed E-state index contributed by atoms with van der Waals surface area (Å²) in [5.74, 6) is 0. The van der Waals surface area contributed by atoms with Crippen LogP contribution < -0.4 is 0 Å². The Hall–Kier alpha value is -0.340. The van der Waals surface area contributed by atoms with Gasteiger partial charge >= 0.3 is 0 Å². The van der Waals surface area contributed by atoms with E-state index >= 15 is 0 Å². The van der Waals surface area contributed by atoms with Gasteiger partial charge in [-0.3, -0.25) is 0 Å². The average molecular weight is 170 g/mol. The molecule has 0 radical (unpaired) electrons. The van der Waals surface area contributed by atoms with Crippen molar-refractivity contribution in [2.45, 2.75) is 33.5 Å². The van der Waals surface area contributed by atoms with Crippen LogP contribution in [0.1, 0.15) is 27.2 Å². The Kier molecular flexibility index (Phi) is 3.29. The van der Waals surface area contributed by atoms with Gasteiger partial charge < -0.3 is 9.47 Å². The summed E-state index contributed by atoms with van der Waals surface area (Å²) in [7, 11) is 0. The fourth-order valence-corrected chi connectivity index (χ4v) is 1.04. The Morgan fingerprint density at radius 3 is 2.50 bits per heavy atom. The van der Waals surface area contributed by atoms with Crippen molar-refractivity contribution in [2.24, 2.45) is 5.41 Å². The minimum absolute atomic E-state index is 0.0580. The van der Waals surface area contributed by atoms with E-state index in [4.69, 9.17) is 9.47 Å². The molecule has 0 aromatic rings. The molecule has 0 spiro atoms. The van der Waals surface area contributed by atoms with Crippen LogP contribution in [0, 0.1) is 5.41 Å². The van der Waals surface area contributed by atoms with Gasteiger partial charge in [0, 0.05) is 12.0 Å². The molecule has 0 aromatic heterocycles. The number of rotatable bonds is 6. The van der Waals surface area contributed by atoms with Gasteiger partial charge in [0.2, 0.25) is 0 Å². The van der Waals surface area contributed by atoms with Crippen LogP contribution in [0.4, 0.5) is 0 Å². The van der Waals surface area contributed by atoms with E-state index in [1.165, 1.54) is 0 Å². The normalized spacial score (nSPS) is 20.9. The van der Waals surface area contributed by atoms with Crippen LogP contribution in [-0.2, 0) is 9.47 Å². The van der Waals surface area contributed by atoms with Gasteiger partial charge in [0.15, 0.2) is 6.29 Å². The van der Waals surface area contributed by atoms with Gasteiger partial charge in [-0.1, -0.05) is 19.1 Å². The minimum Gasteiger partial charge on any atom is -0.353 e. The highest BCUT2D eigenvalue weighted by atomic mass is 16.7. The highest BCUT2D eigenvalue weighted by Crippen LogP contribution is 2.37. The van der Waals surface area contributed by atoms with Crippen LogP contribution in [0.5, 0.6) is 0 Å². The first kappa shape index (κ1) is 9.75. The lowest BCUT2D eigenvalue weighted by Gasteiger charge is -2.14. The molecule has 2 nitrogen and oxygen atoms in total. The maximum Gasteiger partial charge on any atom is 0.154 e. The zero-order valence-corrected chi connectivity index (χ0v) is 8.17. The maximum atomic E-state index is 5.44. The van der Waals surface area contributed by atoms with E-state index in [-0.39, 0.29) is 6.29 Å². The van der Waals surface area contributed by atoms with Crippen LogP contribution >= 0.6 is 0 Å². The molecule has 0 fully saturated rings. The summed E-state index contributed by atoms with van der Waals surface area (Å²) in [6, 6.07) is 0. The van der Waals surface area contributed by atoms with Gasteiger partial charge in [-0.05, 0) is 20.3 Å². The second-order valence-electron chi connectivity index (χ2n) is 3.48. The van der Waals surface area contributed by atoms with E-state index in [0.717, 1.165) is 19.6 Å². The highest BCUT2D eigenvalue weighted by Gasteiger charge is 2.27. The first-order chi connectivity index (χ1) is 5.66. The van der Waals surface area contributed by atoms with Gasteiger partial charge in [-0.25, -0.2) is 0 Å². The smallest absolute Gasteiger partial charge is 0.154 e. The van der Waals surface area contributed by atoms with Crippen LogP contribution in [0.15, 0.2) is 12.2 Å². The summed E-state index contributed by atoms with van der Waals surface area (Å²) in [4.78, 5) is 0. The molecule has 0 aliphatic heterocycles. The summed E-state index contributed by atoms with van der Waals surface area (Å²) in [6.07, 6.45) is 5.44. The molecule has 0 bridgehead atoms. The Morgan fingerprint density at radius 1 is 1.33 bits per heavy atom. The summed E-state index contributed by atoms with van der Waals surface area (Å²) < 4.78 is 10.7. The third kappa shape index (κ3) is 3.37. The lowest BCUT2D eigenvalue weighted by atomic mass is 10.0. The molecule has 0 unspecified atom stereocenters. The molecule has 0 amide bonds. The summed E-state index contributed by atoms with van der Waals surface area (Å²) in [6.45, 7) is 7.62. The fraction of sp³-hybridized carbons (Fsp3) is 0.800. The molecule has 1 aliphatic rings. The number of hydrogen-bond acceptors (Lipinski definition) is 2. The van der Waals surface area contributed by atoms with E-state index in [2.05, 4.69) is 19.1 Å². The van der Waals surface area contributed by atoms with Crippen molar-refractivity contribution in [3.05, 3.63) is 12.2 Å². The Labute approximate surface area is 74.6 Å². The summed E-state index contributed by atoms with van der Waals surface area (Å²) >= 11 is 0. The van der Waals surface area contributed by atoms with E-state index in [1.807, 2.05) is 13.8 Å². The van der Waals surface area contributed by atoms with Crippen molar-refractivity contribution < 1.29 is 9.47 Å². The molecule has 12 heavy (non-hydrogen) atoms. The average Bonchev–Trinajstić information content (AvgIpc) is 2.69. The van der Waals surface area contributed by atoms with Gasteiger partial charge in [0.1, 0.15) is 0 Å². The number of allylic oxidation sites excluding steroid dienone is 2. The molecule has 0 heterocycles. The van der Waals surface area contributed by atoms with Gasteiger partial charge in [-0.15, -0.1) is 0 Å². The summed E-state index contributed by atoms with van der Waals surface area (Å²) in [5, 5.41) is 0. The molecule has 0 saturated heterocycles. The predicted octanol–water partition coefficient (Wildman–Crippen LogP) is 2.35. The highest BCUT2D eigenvalue weighted by molar-refractivity contribution is 5.23. The van der Waals surface area contributed by atoms with Crippen molar-refractivity contribution in [3.8, 4) is 0 Å².